The number of ether oxygens (including phenoxy) is 2. The van der Waals surface area contributed by atoms with E-state index in [4.69, 9.17) is 9.47 Å². The Morgan fingerprint density at radius 2 is 2.03 bits per heavy atom. The second-order valence-electron chi connectivity index (χ2n) is 7.06. The average molecular weight is 393 g/mol. The fourth-order valence-electron chi connectivity index (χ4n) is 3.59. The van der Waals surface area contributed by atoms with Crippen molar-refractivity contribution < 1.29 is 13.9 Å². The molecular formula is C23H24FN3O2. The Labute approximate surface area is 170 Å². The summed E-state index contributed by atoms with van der Waals surface area (Å²) in [7, 11) is 3.41. The zero-order valence-electron chi connectivity index (χ0n) is 16.6. The number of rotatable bonds is 6. The van der Waals surface area contributed by atoms with Crippen LogP contribution in [0.5, 0.6) is 11.5 Å². The first-order chi connectivity index (χ1) is 14.2. The fourth-order valence-corrected chi connectivity index (χ4v) is 3.59. The number of benzene rings is 2. The van der Waals surface area contributed by atoms with E-state index in [1.54, 1.807) is 18.3 Å². The van der Waals surface area contributed by atoms with Gasteiger partial charge in [0.1, 0.15) is 5.75 Å². The van der Waals surface area contributed by atoms with Crippen LogP contribution in [0.25, 0.3) is 0 Å². The van der Waals surface area contributed by atoms with Crippen LogP contribution in [0.1, 0.15) is 17.9 Å². The standard InChI is InChI=1S/C23H24FN3O2/c1-27(19-6-8-21(24)23(13-19)28-2)18-5-7-20-16(9-11-29-22(20)12-18)14-26-17-4-3-10-25-15-17/h3-8,10,12-13,15-16,26H,9,11,14H2,1-2H3/t16-/m0/s1. The van der Waals surface area contributed by atoms with E-state index in [0.29, 0.717) is 12.5 Å². The number of methoxy groups -OCH3 is 1. The lowest BCUT2D eigenvalue weighted by molar-refractivity contribution is 0.270. The lowest BCUT2D eigenvalue weighted by Gasteiger charge is -2.28. The van der Waals surface area contributed by atoms with Crippen LogP contribution in [0.2, 0.25) is 0 Å². The van der Waals surface area contributed by atoms with E-state index in [2.05, 4.69) is 22.4 Å². The number of fused-ring (bicyclic) bond motifs is 1. The van der Waals surface area contributed by atoms with Crippen LogP contribution in [0.4, 0.5) is 21.5 Å². The molecular weight excluding hydrogens is 369 g/mol. The van der Waals surface area contributed by atoms with Gasteiger partial charge in [-0.15, -0.1) is 0 Å². The third-order valence-electron chi connectivity index (χ3n) is 5.28. The molecule has 150 valence electrons. The number of nitrogens with zero attached hydrogens (tertiary/aromatic N) is 2. The summed E-state index contributed by atoms with van der Waals surface area (Å²) >= 11 is 0. The number of halogens is 1. The summed E-state index contributed by atoms with van der Waals surface area (Å²) in [4.78, 5) is 6.13. The van der Waals surface area contributed by atoms with Crippen LogP contribution >= 0.6 is 0 Å². The molecule has 0 fully saturated rings. The van der Waals surface area contributed by atoms with Crippen LogP contribution in [-0.2, 0) is 0 Å². The molecule has 0 aliphatic carbocycles. The third-order valence-corrected chi connectivity index (χ3v) is 5.28. The molecule has 2 aromatic carbocycles. The van der Waals surface area contributed by atoms with Gasteiger partial charge in [0, 0.05) is 55.4 Å². The maximum Gasteiger partial charge on any atom is 0.165 e. The van der Waals surface area contributed by atoms with Gasteiger partial charge < -0.3 is 19.7 Å². The second kappa shape index (κ2) is 8.39. The Morgan fingerprint density at radius 1 is 1.21 bits per heavy atom. The summed E-state index contributed by atoms with van der Waals surface area (Å²) in [5.41, 5.74) is 4.02. The maximum atomic E-state index is 13.7. The largest absolute Gasteiger partial charge is 0.494 e. The first-order valence-corrected chi connectivity index (χ1v) is 9.63. The van der Waals surface area contributed by atoms with Gasteiger partial charge in [0.15, 0.2) is 11.6 Å². The molecule has 1 aliphatic heterocycles. The number of aromatic nitrogens is 1. The Balaban J connectivity index is 1.53. The van der Waals surface area contributed by atoms with Crippen LogP contribution in [0.3, 0.4) is 0 Å². The predicted octanol–water partition coefficient (Wildman–Crippen LogP) is 4.98. The minimum Gasteiger partial charge on any atom is -0.494 e. The number of anilines is 3. The summed E-state index contributed by atoms with van der Waals surface area (Å²) in [6, 6.07) is 15.0. The molecule has 6 heteroatoms. The lowest BCUT2D eigenvalue weighted by Crippen LogP contribution is -2.21. The molecule has 29 heavy (non-hydrogen) atoms. The normalized spacial score (nSPS) is 15.2. The maximum absolute atomic E-state index is 13.7. The van der Waals surface area contributed by atoms with Crippen molar-refractivity contribution in [3.63, 3.8) is 0 Å². The topological polar surface area (TPSA) is 46.6 Å². The highest BCUT2D eigenvalue weighted by atomic mass is 19.1. The molecule has 0 spiro atoms. The van der Waals surface area contributed by atoms with Crippen LogP contribution < -0.4 is 19.7 Å². The summed E-state index contributed by atoms with van der Waals surface area (Å²) in [5, 5.41) is 3.46. The molecule has 4 rings (SSSR count). The van der Waals surface area contributed by atoms with Crippen LogP contribution in [0.15, 0.2) is 60.9 Å². The molecule has 1 aromatic heterocycles. The van der Waals surface area contributed by atoms with Crippen molar-refractivity contribution in [1.29, 1.82) is 0 Å². The molecule has 5 nitrogen and oxygen atoms in total. The minimum atomic E-state index is -0.373. The summed E-state index contributed by atoms with van der Waals surface area (Å²) < 4.78 is 24.8. The molecule has 0 saturated carbocycles. The zero-order chi connectivity index (χ0) is 20.2. The lowest BCUT2D eigenvalue weighted by atomic mass is 9.92. The predicted molar refractivity (Wildman–Crippen MR) is 113 cm³/mol. The molecule has 1 aliphatic rings. The van der Waals surface area contributed by atoms with Gasteiger partial charge in [-0.3, -0.25) is 4.98 Å². The number of hydrogen-bond donors (Lipinski definition) is 1. The van der Waals surface area contributed by atoms with E-state index >= 15 is 0 Å². The molecule has 0 unspecified atom stereocenters. The molecule has 1 atom stereocenters. The smallest absolute Gasteiger partial charge is 0.165 e. The molecule has 0 saturated heterocycles. The first kappa shape index (κ1) is 19.1. The molecule has 0 radical (unpaired) electrons. The summed E-state index contributed by atoms with van der Waals surface area (Å²) in [6.45, 7) is 1.51. The Kier molecular flexibility index (Phi) is 5.51. The first-order valence-electron chi connectivity index (χ1n) is 9.63. The van der Waals surface area contributed by atoms with Crippen molar-refractivity contribution >= 4 is 17.1 Å². The molecule has 0 bridgehead atoms. The van der Waals surface area contributed by atoms with Crippen molar-refractivity contribution in [3.8, 4) is 11.5 Å². The summed E-state index contributed by atoms with van der Waals surface area (Å²) in [6.07, 6.45) is 4.56. The van der Waals surface area contributed by atoms with E-state index in [0.717, 1.165) is 35.8 Å². The van der Waals surface area contributed by atoms with Crippen molar-refractivity contribution in [2.24, 2.45) is 0 Å². The van der Waals surface area contributed by atoms with Crippen LogP contribution in [0, 0.1) is 5.82 Å². The number of pyridine rings is 1. The van der Waals surface area contributed by atoms with E-state index in [-0.39, 0.29) is 11.6 Å². The minimum absolute atomic E-state index is 0.227. The Hall–Kier alpha value is -3.28. The van der Waals surface area contributed by atoms with Gasteiger partial charge in [-0.25, -0.2) is 4.39 Å². The second-order valence-corrected chi connectivity index (χ2v) is 7.06. The highest BCUT2D eigenvalue weighted by molar-refractivity contribution is 5.66. The van der Waals surface area contributed by atoms with Crippen molar-refractivity contribution in [3.05, 3.63) is 72.3 Å². The van der Waals surface area contributed by atoms with Gasteiger partial charge in [-0.1, -0.05) is 6.07 Å². The van der Waals surface area contributed by atoms with Gasteiger partial charge in [0.2, 0.25) is 0 Å². The SMILES string of the molecule is COc1cc(N(C)c2ccc3c(c2)OCC[C@H]3CNc2cccnc2)ccc1F. The van der Waals surface area contributed by atoms with Crippen molar-refractivity contribution in [2.45, 2.75) is 12.3 Å². The molecule has 0 amide bonds. The Morgan fingerprint density at radius 3 is 2.83 bits per heavy atom. The number of hydrogen-bond acceptors (Lipinski definition) is 5. The quantitative estimate of drug-likeness (QED) is 0.640. The fraction of sp³-hybridized carbons (Fsp3) is 0.261. The van der Waals surface area contributed by atoms with E-state index in [1.807, 2.05) is 36.3 Å². The van der Waals surface area contributed by atoms with Crippen LogP contribution in [-0.4, -0.2) is 32.3 Å². The number of nitrogens with one attached hydrogen (secondary N) is 1. The monoisotopic (exact) mass is 393 g/mol. The average Bonchev–Trinajstić information content (AvgIpc) is 2.77. The van der Waals surface area contributed by atoms with Crippen molar-refractivity contribution in [2.75, 3.05) is 37.5 Å². The zero-order valence-corrected chi connectivity index (χ0v) is 16.6. The van der Waals surface area contributed by atoms with Gasteiger partial charge in [0.25, 0.3) is 0 Å². The van der Waals surface area contributed by atoms with E-state index in [1.165, 1.54) is 18.7 Å². The molecule has 1 N–H and O–H groups in total. The van der Waals surface area contributed by atoms with Gasteiger partial charge in [-0.2, -0.15) is 0 Å². The summed E-state index contributed by atoms with van der Waals surface area (Å²) in [5.74, 6) is 1.12. The van der Waals surface area contributed by atoms with E-state index in [9.17, 15) is 4.39 Å². The van der Waals surface area contributed by atoms with E-state index < -0.39 is 0 Å². The van der Waals surface area contributed by atoms with Gasteiger partial charge >= 0.3 is 0 Å². The highest BCUT2D eigenvalue weighted by Crippen LogP contribution is 2.38. The van der Waals surface area contributed by atoms with Gasteiger partial charge in [-0.05, 0) is 42.3 Å². The third kappa shape index (κ3) is 4.11. The molecule has 2 heterocycles. The Bertz CT molecular complexity index is 981. The van der Waals surface area contributed by atoms with Gasteiger partial charge in [0.05, 0.1) is 19.4 Å². The molecule has 3 aromatic rings. The van der Waals surface area contributed by atoms with Crippen molar-refractivity contribution in [1.82, 2.24) is 4.98 Å². The highest BCUT2D eigenvalue weighted by Gasteiger charge is 2.22.